The van der Waals surface area contributed by atoms with Crippen molar-refractivity contribution in [2.45, 2.75) is 32.4 Å². The van der Waals surface area contributed by atoms with Crippen LogP contribution < -0.4 is 5.32 Å². The van der Waals surface area contributed by atoms with Gasteiger partial charge in [-0.15, -0.1) is 0 Å². The largest absolute Gasteiger partial charge is 0.344 e. The Morgan fingerprint density at radius 1 is 1.45 bits per heavy atom. The molecule has 0 radical (unpaired) electrons. The molecule has 2 rings (SSSR count). The predicted octanol–water partition coefficient (Wildman–Crippen LogP) is 2.22. The lowest BCUT2D eigenvalue weighted by atomic mass is 10.1. The number of benzene rings is 1. The smallest absolute Gasteiger partial charge is 0.245 e. The van der Waals surface area contributed by atoms with Crippen LogP contribution in [0.15, 0.2) is 22.7 Å². The summed E-state index contributed by atoms with van der Waals surface area (Å²) in [4.78, 5) is 25.4. The van der Waals surface area contributed by atoms with E-state index in [-0.39, 0.29) is 30.6 Å². The molecule has 1 fully saturated rings. The number of halogens is 2. The highest BCUT2D eigenvalue weighted by Gasteiger charge is 2.28. The zero-order valence-corrected chi connectivity index (χ0v) is 12.7. The molecule has 1 saturated heterocycles. The summed E-state index contributed by atoms with van der Waals surface area (Å²) in [5.74, 6) is -0.641. The van der Waals surface area contributed by atoms with Crippen molar-refractivity contribution in [3.8, 4) is 0 Å². The van der Waals surface area contributed by atoms with Crippen molar-refractivity contribution in [1.29, 1.82) is 0 Å². The Morgan fingerprint density at radius 3 is 2.90 bits per heavy atom. The van der Waals surface area contributed by atoms with Gasteiger partial charge in [-0.3, -0.25) is 9.59 Å². The molecule has 1 unspecified atom stereocenters. The topological polar surface area (TPSA) is 49.4 Å². The molecular formula is C14H16BrFN2O2. The molecule has 20 heavy (non-hydrogen) atoms. The zero-order valence-electron chi connectivity index (χ0n) is 11.2. The number of nitrogens with one attached hydrogen (secondary N) is 1. The van der Waals surface area contributed by atoms with E-state index in [2.05, 4.69) is 21.2 Å². The first-order chi connectivity index (χ1) is 9.51. The Balaban J connectivity index is 2.20. The number of amides is 2. The molecule has 1 aliphatic heterocycles. The summed E-state index contributed by atoms with van der Waals surface area (Å²) in [5.41, 5.74) is 0.442. The Kier molecular flexibility index (Phi) is 4.75. The van der Waals surface area contributed by atoms with Crippen molar-refractivity contribution in [2.24, 2.45) is 0 Å². The first-order valence-corrected chi connectivity index (χ1v) is 7.32. The summed E-state index contributed by atoms with van der Waals surface area (Å²) in [6.45, 7) is 2.33. The van der Waals surface area contributed by atoms with Gasteiger partial charge in [-0.05, 0) is 24.6 Å². The highest BCUT2D eigenvalue weighted by molar-refractivity contribution is 9.10. The average Bonchev–Trinajstić information content (AvgIpc) is 2.55. The van der Waals surface area contributed by atoms with Crippen molar-refractivity contribution in [1.82, 2.24) is 10.2 Å². The molecule has 1 aromatic rings. The molecule has 0 saturated carbocycles. The number of hydrogen-bond acceptors (Lipinski definition) is 2. The summed E-state index contributed by atoms with van der Waals surface area (Å²) >= 11 is 3.29. The fourth-order valence-corrected chi connectivity index (χ4v) is 2.61. The third-order valence-electron chi connectivity index (χ3n) is 3.33. The van der Waals surface area contributed by atoms with Gasteiger partial charge in [0, 0.05) is 29.5 Å². The highest BCUT2D eigenvalue weighted by Crippen LogP contribution is 2.18. The van der Waals surface area contributed by atoms with Crippen LogP contribution in [-0.4, -0.2) is 29.3 Å². The van der Waals surface area contributed by atoms with E-state index < -0.39 is 6.04 Å². The molecule has 0 bridgehead atoms. The van der Waals surface area contributed by atoms with Gasteiger partial charge >= 0.3 is 0 Å². The Bertz CT molecular complexity index is 536. The molecular weight excluding hydrogens is 327 g/mol. The van der Waals surface area contributed by atoms with E-state index in [4.69, 9.17) is 0 Å². The third-order valence-corrected chi connectivity index (χ3v) is 3.82. The van der Waals surface area contributed by atoms with E-state index in [1.807, 2.05) is 6.92 Å². The number of hydrogen-bond donors (Lipinski definition) is 1. The van der Waals surface area contributed by atoms with Gasteiger partial charge in [-0.25, -0.2) is 4.39 Å². The first-order valence-electron chi connectivity index (χ1n) is 6.53. The van der Waals surface area contributed by atoms with Crippen molar-refractivity contribution in [3.05, 3.63) is 34.1 Å². The maximum Gasteiger partial charge on any atom is 0.245 e. The van der Waals surface area contributed by atoms with Crippen LogP contribution in [0.5, 0.6) is 0 Å². The average molecular weight is 343 g/mol. The predicted molar refractivity (Wildman–Crippen MR) is 76.4 cm³/mol. The zero-order chi connectivity index (χ0) is 14.7. The quantitative estimate of drug-likeness (QED) is 0.915. The molecule has 0 aliphatic carbocycles. The minimum Gasteiger partial charge on any atom is -0.344 e. The summed E-state index contributed by atoms with van der Waals surface area (Å²) in [6.07, 6.45) is 0.778. The van der Waals surface area contributed by atoms with Crippen LogP contribution >= 0.6 is 15.9 Å². The Morgan fingerprint density at radius 2 is 2.20 bits per heavy atom. The standard InChI is InChI=1S/C14H16BrFN2O2/c1-2-12-14(20)18(6-5-13(19)17-12)8-9-7-10(15)3-4-11(9)16/h3-4,7,12H,2,5-6,8H2,1H3,(H,17,19). The van der Waals surface area contributed by atoms with Crippen LogP contribution in [0.2, 0.25) is 0 Å². The van der Waals surface area contributed by atoms with Crippen LogP contribution in [0.25, 0.3) is 0 Å². The Labute approximate surface area is 125 Å². The normalized spacial score (nSPS) is 19.8. The van der Waals surface area contributed by atoms with Gasteiger partial charge in [-0.1, -0.05) is 22.9 Å². The summed E-state index contributed by atoms with van der Waals surface area (Å²) < 4.78 is 14.5. The molecule has 1 aromatic carbocycles. The van der Waals surface area contributed by atoms with Crippen LogP contribution in [0.1, 0.15) is 25.3 Å². The second-order valence-electron chi connectivity index (χ2n) is 4.77. The van der Waals surface area contributed by atoms with E-state index in [1.165, 1.54) is 11.0 Å². The molecule has 1 aliphatic rings. The third kappa shape index (κ3) is 3.36. The van der Waals surface area contributed by atoms with E-state index in [1.54, 1.807) is 12.1 Å². The van der Waals surface area contributed by atoms with E-state index in [0.29, 0.717) is 18.5 Å². The van der Waals surface area contributed by atoms with Crippen molar-refractivity contribution in [3.63, 3.8) is 0 Å². The van der Waals surface area contributed by atoms with Gasteiger partial charge in [0.2, 0.25) is 11.8 Å². The van der Waals surface area contributed by atoms with Gasteiger partial charge in [0.05, 0.1) is 0 Å². The molecule has 2 amide bonds. The van der Waals surface area contributed by atoms with Gasteiger partial charge in [0.1, 0.15) is 11.9 Å². The minimum atomic E-state index is -0.514. The minimum absolute atomic E-state index is 0.137. The van der Waals surface area contributed by atoms with Crippen LogP contribution in [0, 0.1) is 5.82 Å². The second-order valence-corrected chi connectivity index (χ2v) is 5.69. The van der Waals surface area contributed by atoms with Gasteiger partial charge < -0.3 is 10.2 Å². The monoisotopic (exact) mass is 342 g/mol. The fraction of sp³-hybridized carbons (Fsp3) is 0.429. The fourth-order valence-electron chi connectivity index (χ4n) is 2.20. The first kappa shape index (κ1) is 15.0. The van der Waals surface area contributed by atoms with E-state index in [9.17, 15) is 14.0 Å². The molecule has 0 aromatic heterocycles. The number of carbonyl (C=O) groups is 2. The van der Waals surface area contributed by atoms with Crippen molar-refractivity contribution >= 4 is 27.7 Å². The molecule has 108 valence electrons. The van der Waals surface area contributed by atoms with Crippen LogP contribution in [-0.2, 0) is 16.1 Å². The van der Waals surface area contributed by atoms with Gasteiger partial charge in [0.25, 0.3) is 0 Å². The summed E-state index contributed by atoms with van der Waals surface area (Å²) in [7, 11) is 0. The maximum absolute atomic E-state index is 13.8. The van der Waals surface area contributed by atoms with Gasteiger partial charge in [0.15, 0.2) is 0 Å². The van der Waals surface area contributed by atoms with E-state index in [0.717, 1.165) is 4.47 Å². The molecule has 4 nitrogen and oxygen atoms in total. The Hall–Kier alpha value is -1.43. The SMILES string of the molecule is CCC1NC(=O)CCN(Cc2cc(Br)ccc2F)C1=O. The van der Waals surface area contributed by atoms with Crippen LogP contribution in [0.3, 0.4) is 0 Å². The maximum atomic E-state index is 13.8. The molecule has 6 heteroatoms. The summed E-state index contributed by atoms with van der Waals surface area (Å²) in [5, 5.41) is 2.69. The molecule has 1 heterocycles. The molecule has 1 atom stereocenters. The van der Waals surface area contributed by atoms with E-state index >= 15 is 0 Å². The lowest BCUT2D eigenvalue weighted by molar-refractivity contribution is -0.134. The summed E-state index contributed by atoms with van der Waals surface area (Å²) in [6, 6.07) is 4.12. The highest BCUT2D eigenvalue weighted by atomic mass is 79.9. The lowest BCUT2D eigenvalue weighted by Gasteiger charge is -2.23. The van der Waals surface area contributed by atoms with Crippen molar-refractivity contribution < 1.29 is 14.0 Å². The molecule has 1 N–H and O–H groups in total. The number of nitrogens with zero attached hydrogens (tertiary/aromatic N) is 1. The molecule has 0 spiro atoms. The lowest BCUT2D eigenvalue weighted by Crippen LogP contribution is -2.44. The van der Waals surface area contributed by atoms with Crippen molar-refractivity contribution in [2.75, 3.05) is 6.54 Å². The number of rotatable bonds is 3. The second kappa shape index (κ2) is 6.35. The number of carbonyl (C=O) groups excluding carboxylic acids is 2. The van der Waals surface area contributed by atoms with Gasteiger partial charge in [-0.2, -0.15) is 0 Å². The van der Waals surface area contributed by atoms with Crippen LogP contribution in [0.4, 0.5) is 4.39 Å².